The standard InChI is InChI=1S/C18H18BrNO/c19-16-10-6-12-20(18(16)21)17-11-5-4-9-15(17)13-14-7-2-1-3-8-14/h1-5,7-9,11,16H,6,10,12-13H2. The number of alkyl halides is 1. The molecule has 0 saturated carbocycles. The summed E-state index contributed by atoms with van der Waals surface area (Å²) in [6.07, 6.45) is 2.82. The van der Waals surface area contributed by atoms with Crippen molar-refractivity contribution in [3.8, 4) is 0 Å². The van der Waals surface area contributed by atoms with Crippen LogP contribution in [0.4, 0.5) is 5.69 Å². The van der Waals surface area contributed by atoms with Crippen molar-refractivity contribution in [2.45, 2.75) is 24.1 Å². The van der Waals surface area contributed by atoms with Gasteiger partial charge in [-0.15, -0.1) is 0 Å². The summed E-state index contributed by atoms with van der Waals surface area (Å²) in [6.45, 7) is 0.812. The summed E-state index contributed by atoms with van der Waals surface area (Å²) in [5.41, 5.74) is 3.53. The highest BCUT2D eigenvalue weighted by molar-refractivity contribution is 9.10. The first-order valence-corrected chi connectivity index (χ1v) is 8.24. The van der Waals surface area contributed by atoms with Crippen molar-refractivity contribution in [1.29, 1.82) is 0 Å². The number of carbonyl (C=O) groups is 1. The molecule has 1 atom stereocenters. The molecule has 1 amide bonds. The van der Waals surface area contributed by atoms with E-state index in [1.54, 1.807) is 0 Å². The minimum absolute atomic E-state index is 0.0453. The van der Waals surface area contributed by atoms with E-state index in [9.17, 15) is 4.79 Å². The van der Waals surface area contributed by atoms with Crippen molar-refractivity contribution >= 4 is 27.5 Å². The van der Waals surface area contributed by atoms with Gasteiger partial charge in [-0.3, -0.25) is 4.79 Å². The zero-order valence-corrected chi connectivity index (χ0v) is 13.4. The molecule has 0 N–H and O–H groups in total. The fourth-order valence-corrected chi connectivity index (χ4v) is 3.38. The number of amides is 1. The van der Waals surface area contributed by atoms with E-state index in [0.717, 1.165) is 31.5 Å². The van der Waals surface area contributed by atoms with Crippen LogP contribution in [0.15, 0.2) is 54.6 Å². The van der Waals surface area contributed by atoms with Crippen molar-refractivity contribution in [2.75, 3.05) is 11.4 Å². The molecule has 0 aromatic heterocycles. The van der Waals surface area contributed by atoms with E-state index in [-0.39, 0.29) is 10.7 Å². The fraction of sp³-hybridized carbons (Fsp3) is 0.278. The van der Waals surface area contributed by atoms with Gasteiger partial charge in [-0.25, -0.2) is 0 Å². The molecule has 0 spiro atoms. The second-order valence-corrected chi connectivity index (χ2v) is 6.50. The Morgan fingerprint density at radius 1 is 1.05 bits per heavy atom. The maximum absolute atomic E-state index is 12.4. The zero-order chi connectivity index (χ0) is 14.7. The quantitative estimate of drug-likeness (QED) is 0.766. The van der Waals surface area contributed by atoms with Gasteiger partial charge in [0.1, 0.15) is 0 Å². The summed E-state index contributed by atoms with van der Waals surface area (Å²) < 4.78 is 0. The van der Waals surface area contributed by atoms with Gasteiger partial charge in [0.15, 0.2) is 0 Å². The smallest absolute Gasteiger partial charge is 0.240 e. The molecule has 21 heavy (non-hydrogen) atoms. The number of hydrogen-bond donors (Lipinski definition) is 0. The molecule has 0 bridgehead atoms. The molecule has 3 rings (SSSR count). The molecule has 3 heteroatoms. The van der Waals surface area contributed by atoms with Gasteiger partial charge in [0.05, 0.1) is 4.83 Å². The number of hydrogen-bond acceptors (Lipinski definition) is 1. The van der Waals surface area contributed by atoms with Gasteiger partial charge < -0.3 is 4.90 Å². The average Bonchev–Trinajstić information content (AvgIpc) is 2.52. The monoisotopic (exact) mass is 343 g/mol. The van der Waals surface area contributed by atoms with Gasteiger partial charge in [-0.1, -0.05) is 64.5 Å². The summed E-state index contributed by atoms with van der Waals surface area (Å²) in [6, 6.07) is 18.6. The maximum atomic E-state index is 12.4. The van der Waals surface area contributed by atoms with Gasteiger partial charge >= 0.3 is 0 Å². The van der Waals surface area contributed by atoms with Crippen LogP contribution < -0.4 is 4.90 Å². The van der Waals surface area contributed by atoms with Crippen LogP contribution in [0.1, 0.15) is 24.0 Å². The largest absolute Gasteiger partial charge is 0.311 e. The third kappa shape index (κ3) is 3.18. The topological polar surface area (TPSA) is 20.3 Å². The van der Waals surface area contributed by atoms with E-state index in [0.29, 0.717) is 0 Å². The number of para-hydroxylation sites is 1. The summed E-state index contributed by atoms with van der Waals surface area (Å²) in [7, 11) is 0. The number of nitrogens with zero attached hydrogens (tertiary/aromatic N) is 1. The van der Waals surface area contributed by atoms with Crippen molar-refractivity contribution < 1.29 is 4.79 Å². The van der Waals surface area contributed by atoms with E-state index in [4.69, 9.17) is 0 Å². The zero-order valence-electron chi connectivity index (χ0n) is 11.8. The molecular formula is C18H18BrNO. The van der Waals surface area contributed by atoms with Crippen LogP contribution in [0.25, 0.3) is 0 Å². The van der Waals surface area contributed by atoms with Crippen LogP contribution in [0, 0.1) is 0 Å². The van der Waals surface area contributed by atoms with Crippen molar-refractivity contribution in [3.63, 3.8) is 0 Å². The molecule has 1 aliphatic rings. The molecule has 2 nitrogen and oxygen atoms in total. The van der Waals surface area contributed by atoms with Crippen molar-refractivity contribution in [1.82, 2.24) is 0 Å². The molecule has 1 aliphatic heterocycles. The Labute approximate surface area is 133 Å². The lowest BCUT2D eigenvalue weighted by atomic mass is 10.0. The van der Waals surface area contributed by atoms with E-state index in [1.807, 2.05) is 23.1 Å². The van der Waals surface area contributed by atoms with Crippen LogP contribution in [-0.4, -0.2) is 17.3 Å². The Morgan fingerprint density at radius 3 is 2.57 bits per heavy atom. The van der Waals surface area contributed by atoms with Gasteiger partial charge in [-0.05, 0) is 36.5 Å². The first kappa shape index (κ1) is 14.3. The molecule has 108 valence electrons. The number of carbonyl (C=O) groups excluding carboxylic acids is 1. The molecule has 1 saturated heterocycles. The second-order valence-electron chi connectivity index (χ2n) is 5.39. The van der Waals surface area contributed by atoms with Gasteiger partial charge in [0.25, 0.3) is 0 Å². The molecule has 2 aromatic rings. The lowest BCUT2D eigenvalue weighted by molar-refractivity contribution is -0.118. The lowest BCUT2D eigenvalue weighted by Gasteiger charge is -2.31. The second kappa shape index (κ2) is 6.44. The van der Waals surface area contributed by atoms with E-state index >= 15 is 0 Å². The third-order valence-corrected chi connectivity index (χ3v) is 4.74. The molecule has 1 heterocycles. The van der Waals surface area contributed by atoms with E-state index < -0.39 is 0 Å². The first-order valence-electron chi connectivity index (χ1n) is 7.33. The first-order chi connectivity index (χ1) is 10.3. The predicted octanol–water partition coefficient (Wildman–Crippen LogP) is 4.17. The average molecular weight is 344 g/mol. The Hall–Kier alpha value is -1.61. The SMILES string of the molecule is O=C1C(Br)CCCN1c1ccccc1Cc1ccccc1. The number of rotatable bonds is 3. The molecular weight excluding hydrogens is 326 g/mol. The molecule has 0 aliphatic carbocycles. The molecule has 0 radical (unpaired) electrons. The van der Waals surface area contributed by atoms with Crippen LogP contribution in [-0.2, 0) is 11.2 Å². The number of piperidine rings is 1. The van der Waals surface area contributed by atoms with E-state index in [2.05, 4.69) is 52.3 Å². The highest BCUT2D eigenvalue weighted by Crippen LogP contribution is 2.28. The summed E-state index contributed by atoms with van der Waals surface area (Å²) in [5, 5.41) is 0. The highest BCUT2D eigenvalue weighted by Gasteiger charge is 2.28. The Kier molecular flexibility index (Phi) is 4.39. The lowest BCUT2D eigenvalue weighted by Crippen LogP contribution is -2.42. The summed E-state index contributed by atoms with van der Waals surface area (Å²) in [4.78, 5) is 14.3. The third-order valence-electron chi connectivity index (χ3n) is 3.89. The molecule has 1 unspecified atom stereocenters. The van der Waals surface area contributed by atoms with Crippen LogP contribution in [0.3, 0.4) is 0 Å². The highest BCUT2D eigenvalue weighted by atomic mass is 79.9. The minimum Gasteiger partial charge on any atom is -0.311 e. The summed E-state index contributed by atoms with van der Waals surface area (Å²) in [5.74, 6) is 0.182. The number of benzene rings is 2. The number of anilines is 1. The Bertz CT molecular complexity index is 626. The van der Waals surface area contributed by atoms with E-state index in [1.165, 1.54) is 11.1 Å². The van der Waals surface area contributed by atoms with Crippen molar-refractivity contribution in [2.24, 2.45) is 0 Å². The Balaban J connectivity index is 1.91. The fourth-order valence-electron chi connectivity index (χ4n) is 2.81. The minimum atomic E-state index is -0.0453. The van der Waals surface area contributed by atoms with Gasteiger partial charge in [0, 0.05) is 12.2 Å². The predicted molar refractivity (Wildman–Crippen MR) is 90.0 cm³/mol. The normalized spacial score (nSPS) is 18.8. The van der Waals surface area contributed by atoms with Crippen LogP contribution in [0.2, 0.25) is 0 Å². The maximum Gasteiger partial charge on any atom is 0.240 e. The summed E-state index contributed by atoms with van der Waals surface area (Å²) >= 11 is 3.49. The van der Waals surface area contributed by atoms with Crippen LogP contribution in [0.5, 0.6) is 0 Å². The van der Waals surface area contributed by atoms with Crippen LogP contribution >= 0.6 is 15.9 Å². The van der Waals surface area contributed by atoms with Gasteiger partial charge in [-0.2, -0.15) is 0 Å². The van der Waals surface area contributed by atoms with Gasteiger partial charge in [0.2, 0.25) is 5.91 Å². The number of halogens is 1. The molecule has 2 aromatic carbocycles. The van der Waals surface area contributed by atoms with Crippen molar-refractivity contribution in [3.05, 3.63) is 65.7 Å². The Morgan fingerprint density at radius 2 is 1.76 bits per heavy atom. The molecule has 1 fully saturated rings.